The van der Waals surface area contributed by atoms with Gasteiger partial charge in [0.15, 0.2) is 0 Å². The van der Waals surface area contributed by atoms with Gasteiger partial charge in [-0.2, -0.15) is 4.31 Å². The van der Waals surface area contributed by atoms with Crippen LogP contribution < -0.4 is 9.64 Å². The Bertz CT molecular complexity index is 993. The van der Waals surface area contributed by atoms with E-state index in [1.807, 2.05) is 37.3 Å². The Morgan fingerprint density at radius 1 is 1.06 bits per heavy atom. The highest BCUT2D eigenvalue weighted by Gasteiger charge is 2.29. The Hall–Kier alpha value is -2.29. The summed E-state index contributed by atoms with van der Waals surface area (Å²) in [4.78, 5) is 16.8. The Labute approximate surface area is 189 Å². The van der Waals surface area contributed by atoms with Crippen LogP contribution in [0.3, 0.4) is 0 Å². The van der Waals surface area contributed by atoms with Crippen molar-refractivity contribution < 1.29 is 17.9 Å². The molecule has 0 N–H and O–H groups in total. The van der Waals surface area contributed by atoms with Gasteiger partial charge in [-0.1, -0.05) is 36.7 Å². The second kappa shape index (κ2) is 10.3. The molecule has 2 aromatic carbocycles. The molecule has 1 heterocycles. The van der Waals surface area contributed by atoms with Crippen molar-refractivity contribution >= 4 is 33.2 Å². The lowest BCUT2D eigenvalue weighted by Crippen LogP contribution is -2.51. The molecule has 0 spiro atoms. The summed E-state index contributed by atoms with van der Waals surface area (Å²) in [6.07, 6.45) is 0. The number of ether oxygens (including phenoxy) is 1. The minimum absolute atomic E-state index is 0.0458. The largest absolute Gasteiger partial charge is 0.492 e. The molecule has 7 nitrogen and oxygen atoms in total. The maximum atomic E-state index is 13.1. The summed E-state index contributed by atoms with van der Waals surface area (Å²) >= 11 is 6.17. The Morgan fingerprint density at radius 2 is 1.74 bits per heavy atom. The number of hydrogen-bond donors (Lipinski definition) is 0. The van der Waals surface area contributed by atoms with Crippen LogP contribution in [0.1, 0.15) is 13.8 Å². The van der Waals surface area contributed by atoms with E-state index in [1.165, 1.54) is 22.5 Å². The van der Waals surface area contributed by atoms with Crippen LogP contribution in [0.25, 0.3) is 0 Å². The molecule has 1 amide bonds. The van der Waals surface area contributed by atoms with Crippen LogP contribution in [0.4, 0.5) is 5.69 Å². The van der Waals surface area contributed by atoms with Gasteiger partial charge in [0.2, 0.25) is 15.9 Å². The number of hydrogen-bond acceptors (Lipinski definition) is 5. The van der Waals surface area contributed by atoms with Crippen molar-refractivity contribution in [3.05, 3.63) is 53.6 Å². The highest BCUT2D eigenvalue weighted by molar-refractivity contribution is 7.89. The van der Waals surface area contributed by atoms with Crippen molar-refractivity contribution in [2.75, 3.05) is 50.8 Å². The van der Waals surface area contributed by atoms with Crippen molar-refractivity contribution in [2.45, 2.75) is 18.7 Å². The Balaban J connectivity index is 1.65. The fourth-order valence-electron chi connectivity index (χ4n) is 3.53. The number of anilines is 1. The number of carbonyl (C=O) groups is 1. The Kier molecular flexibility index (Phi) is 7.80. The number of benzene rings is 2. The number of likely N-dealkylation sites (N-methyl/N-ethyl adjacent to an activating group) is 1. The van der Waals surface area contributed by atoms with Gasteiger partial charge in [0.25, 0.3) is 0 Å². The molecule has 0 aromatic heterocycles. The molecular formula is C22H28ClN3O4S. The number of rotatable bonds is 8. The fraction of sp³-hybridized carbons (Fsp3) is 0.409. The topological polar surface area (TPSA) is 70.2 Å². The average molecular weight is 466 g/mol. The summed E-state index contributed by atoms with van der Waals surface area (Å²) in [6.45, 7) is 6.49. The summed E-state index contributed by atoms with van der Waals surface area (Å²) in [5.74, 6) is 0.230. The molecule has 31 heavy (non-hydrogen) atoms. The molecule has 3 rings (SSSR count). The van der Waals surface area contributed by atoms with Crippen LogP contribution in [0, 0.1) is 0 Å². The highest BCUT2D eigenvalue weighted by atomic mass is 35.5. The van der Waals surface area contributed by atoms with Gasteiger partial charge < -0.3 is 14.5 Å². The molecule has 0 unspecified atom stereocenters. The van der Waals surface area contributed by atoms with Gasteiger partial charge in [-0.3, -0.25) is 4.79 Å². The van der Waals surface area contributed by atoms with E-state index in [1.54, 1.807) is 11.8 Å². The number of piperazine rings is 1. The third-order valence-electron chi connectivity index (χ3n) is 5.26. The number of sulfonamides is 1. The van der Waals surface area contributed by atoms with Crippen molar-refractivity contribution in [3.8, 4) is 5.75 Å². The third-order valence-corrected chi connectivity index (χ3v) is 7.47. The second-order valence-electron chi connectivity index (χ2n) is 7.16. The molecule has 0 atom stereocenters. The first kappa shape index (κ1) is 23.4. The van der Waals surface area contributed by atoms with Crippen LogP contribution in [-0.2, 0) is 14.8 Å². The maximum Gasteiger partial charge on any atom is 0.243 e. The zero-order valence-corrected chi connectivity index (χ0v) is 19.4. The van der Waals surface area contributed by atoms with Crippen LogP contribution in [0.2, 0.25) is 5.02 Å². The van der Waals surface area contributed by atoms with E-state index >= 15 is 0 Å². The van der Waals surface area contributed by atoms with Crippen LogP contribution in [0.15, 0.2) is 53.4 Å². The summed E-state index contributed by atoms with van der Waals surface area (Å²) in [5.41, 5.74) is 1.12. The first-order valence-electron chi connectivity index (χ1n) is 10.4. The lowest BCUT2D eigenvalue weighted by Gasteiger charge is -2.36. The quantitative estimate of drug-likeness (QED) is 0.599. The molecule has 9 heteroatoms. The van der Waals surface area contributed by atoms with E-state index in [2.05, 4.69) is 4.90 Å². The third kappa shape index (κ3) is 5.50. The standard InChI is InChI=1S/C22H28ClN3O4S/c1-3-26(31(28,29)19-10-11-21(30-4-2)20(23)16-19)17-22(27)25-14-12-24(13-15-25)18-8-6-5-7-9-18/h5-11,16H,3-4,12-15,17H2,1-2H3. The molecule has 168 valence electrons. The predicted octanol–water partition coefficient (Wildman–Crippen LogP) is 3.10. The van der Waals surface area contributed by atoms with E-state index in [0.29, 0.717) is 38.5 Å². The van der Waals surface area contributed by atoms with Crippen LogP contribution in [0.5, 0.6) is 5.75 Å². The van der Waals surface area contributed by atoms with Crippen molar-refractivity contribution in [1.29, 1.82) is 0 Å². The molecular weight excluding hydrogens is 438 g/mol. The highest BCUT2D eigenvalue weighted by Crippen LogP contribution is 2.28. The number of halogens is 1. The molecule has 1 aliphatic heterocycles. The number of carbonyl (C=O) groups excluding carboxylic acids is 1. The van der Waals surface area contributed by atoms with E-state index in [4.69, 9.17) is 16.3 Å². The summed E-state index contributed by atoms with van der Waals surface area (Å²) < 4.78 is 32.7. The van der Waals surface area contributed by atoms with E-state index in [-0.39, 0.29) is 28.9 Å². The molecule has 1 saturated heterocycles. The summed E-state index contributed by atoms with van der Waals surface area (Å²) in [5, 5.41) is 0.224. The van der Waals surface area contributed by atoms with E-state index in [9.17, 15) is 13.2 Å². The zero-order valence-electron chi connectivity index (χ0n) is 17.8. The monoisotopic (exact) mass is 465 g/mol. The smallest absolute Gasteiger partial charge is 0.243 e. The Morgan fingerprint density at radius 3 is 2.32 bits per heavy atom. The fourth-order valence-corrected chi connectivity index (χ4v) is 5.26. The normalized spacial score (nSPS) is 14.7. The van der Waals surface area contributed by atoms with Gasteiger partial charge in [-0.25, -0.2) is 8.42 Å². The first-order chi connectivity index (χ1) is 14.9. The predicted molar refractivity (Wildman–Crippen MR) is 122 cm³/mol. The van der Waals surface area contributed by atoms with E-state index in [0.717, 1.165) is 5.69 Å². The lowest BCUT2D eigenvalue weighted by molar-refractivity contribution is -0.131. The van der Waals surface area contributed by atoms with Gasteiger partial charge in [0, 0.05) is 38.4 Å². The molecule has 0 bridgehead atoms. The minimum atomic E-state index is -3.86. The molecule has 1 aliphatic rings. The van der Waals surface area contributed by atoms with Gasteiger partial charge in [-0.05, 0) is 37.3 Å². The minimum Gasteiger partial charge on any atom is -0.492 e. The second-order valence-corrected chi connectivity index (χ2v) is 9.50. The molecule has 2 aromatic rings. The molecule has 0 saturated carbocycles. The van der Waals surface area contributed by atoms with Gasteiger partial charge in [0.1, 0.15) is 5.75 Å². The number of amides is 1. The van der Waals surface area contributed by atoms with Crippen molar-refractivity contribution in [3.63, 3.8) is 0 Å². The number of nitrogens with zero attached hydrogens (tertiary/aromatic N) is 3. The average Bonchev–Trinajstić information content (AvgIpc) is 2.79. The van der Waals surface area contributed by atoms with Crippen molar-refractivity contribution in [1.82, 2.24) is 9.21 Å². The zero-order chi connectivity index (χ0) is 22.4. The van der Waals surface area contributed by atoms with Crippen LogP contribution >= 0.6 is 11.6 Å². The summed E-state index contributed by atoms with van der Waals surface area (Å²) in [6, 6.07) is 14.4. The molecule has 0 radical (unpaired) electrons. The maximum absolute atomic E-state index is 13.1. The lowest BCUT2D eigenvalue weighted by atomic mass is 10.2. The van der Waals surface area contributed by atoms with Gasteiger partial charge in [-0.15, -0.1) is 0 Å². The van der Waals surface area contributed by atoms with Crippen LogP contribution in [-0.4, -0.2) is 69.4 Å². The van der Waals surface area contributed by atoms with Crippen molar-refractivity contribution in [2.24, 2.45) is 0 Å². The number of para-hydroxylation sites is 1. The van der Waals surface area contributed by atoms with Gasteiger partial charge in [0.05, 0.1) is 23.1 Å². The first-order valence-corrected chi connectivity index (χ1v) is 12.2. The molecule has 1 fully saturated rings. The van der Waals surface area contributed by atoms with E-state index < -0.39 is 10.0 Å². The summed E-state index contributed by atoms with van der Waals surface area (Å²) in [7, 11) is -3.86. The molecule has 0 aliphatic carbocycles. The SMILES string of the molecule is CCOc1ccc(S(=O)(=O)N(CC)CC(=O)N2CCN(c3ccccc3)CC2)cc1Cl. The van der Waals surface area contributed by atoms with Gasteiger partial charge >= 0.3 is 0 Å².